The minimum Gasteiger partial charge on any atom is -0.368 e. The lowest BCUT2D eigenvalue weighted by molar-refractivity contribution is -0.104. The molecule has 1 fully saturated rings. The largest absolute Gasteiger partial charge is 0.368 e. The summed E-state index contributed by atoms with van der Waals surface area (Å²) in [7, 11) is 3.86. The van der Waals surface area contributed by atoms with Crippen LogP contribution in [0, 0.1) is 17.1 Å². The van der Waals surface area contributed by atoms with E-state index in [0.717, 1.165) is 38.0 Å². The Kier molecular flexibility index (Phi) is 9.16. The minimum atomic E-state index is -0.171. The zero-order valence-corrected chi connectivity index (χ0v) is 21.1. The molecule has 3 rings (SSSR count). The van der Waals surface area contributed by atoms with Gasteiger partial charge in [0.2, 0.25) is 0 Å². The summed E-state index contributed by atoms with van der Waals surface area (Å²) in [6.45, 7) is 7.02. The summed E-state index contributed by atoms with van der Waals surface area (Å²) in [5.74, 6) is -0.171. The number of nitrogens with zero attached hydrogens (tertiary/aromatic N) is 6. The molecule has 2 unspecified atom stereocenters. The Morgan fingerprint density at radius 2 is 2.21 bits per heavy atom. The van der Waals surface area contributed by atoms with Crippen LogP contribution in [0.4, 0.5) is 4.39 Å². The lowest BCUT2D eigenvalue weighted by Crippen LogP contribution is -2.54. The summed E-state index contributed by atoms with van der Waals surface area (Å²) in [6, 6.07) is 6.00. The number of aromatic nitrogens is 1. The van der Waals surface area contributed by atoms with Gasteiger partial charge in [0.15, 0.2) is 0 Å². The van der Waals surface area contributed by atoms with Crippen LogP contribution in [0.5, 0.6) is 0 Å². The number of halogens is 1. The lowest BCUT2D eigenvalue weighted by Gasteiger charge is -2.46. The van der Waals surface area contributed by atoms with Gasteiger partial charge in [-0.3, -0.25) is 9.69 Å². The van der Waals surface area contributed by atoms with E-state index in [-0.39, 0.29) is 17.9 Å². The molecule has 1 aliphatic rings. The van der Waals surface area contributed by atoms with Gasteiger partial charge in [-0.25, -0.2) is 14.4 Å². The van der Waals surface area contributed by atoms with Crippen LogP contribution < -0.4 is 0 Å². The molecule has 0 saturated carbocycles. The fourth-order valence-corrected chi connectivity index (χ4v) is 5.16. The van der Waals surface area contributed by atoms with Gasteiger partial charge in [0.25, 0.3) is 0 Å². The number of hydrazine groups is 1. The van der Waals surface area contributed by atoms with E-state index in [1.807, 2.05) is 48.5 Å². The van der Waals surface area contributed by atoms with E-state index in [2.05, 4.69) is 34.7 Å². The maximum absolute atomic E-state index is 15.2. The van der Waals surface area contributed by atoms with Crippen molar-refractivity contribution in [1.82, 2.24) is 24.8 Å². The van der Waals surface area contributed by atoms with Crippen LogP contribution in [0.3, 0.4) is 0 Å². The molecule has 0 radical (unpaired) electrons. The number of aldehydes is 1. The summed E-state index contributed by atoms with van der Waals surface area (Å²) < 4.78 is 15.8. The second-order valence-electron chi connectivity index (χ2n) is 8.58. The van der Waals surface area contributed by atoms with Crippen LogP contribution in [0.2, 0.25) is 0 Å². The molecular formula is C25H33FN6OS. The third-order valence-electron chi connectivity index (χ3n) is 6.41. The van der Waals surface area contributed by atoms with Crippen LogP contribution in [-0.4, -0.2) is 77.4 Å². The van der Waals surface area contributed by atoms with Gasteiger partial charge < -0.3 is 9.91 Å². The van der Waals surface area contributed by atoms with Crippen molar-refractivity contribution in [3.8, 4) is 6.07 Å². The maximum atomic E-state index is 15.2. The van der Waals surface area contributed by atoms with Gasteiger partial charge in [0.05, 0.1) is 34.8 Å². The van der Waals surface area contributed by atoms with Gasteiger partial charge in [0.1, 0.15) is 12.1 Å². The Labute approximate surface area is 205 Å². The van der Waals surface area contributed by atoms with Gasteiger partial charge in [-0.15, -0.1) is 11.3 Å². The lowest BCUT2D eigenvalue weighted by atomic mass is 10.0. The predicted octanol–water partition coefficient (Wildman–Crippen LogP) is 4.18. The zero-order valence-electron chi connectivity index (χ0n) is 20.3. The fraction of sp³-hybridized carbons (Fsp3) is 0.480. The number of fused-ring (bicyclic) bond motifs is 1. The van der Waals surface area contributed by atoms with Crippen LogP contribution >= 0.6 is 11.3 Å². The van der Waals surface area contributed by atoms with E-state index < -0.39 is 0 Å². The second-order valence-corrected chi connectivity index (χ2v) is 9.44. The summed E-state index contributed by atoms with van der Waals surface area (Å²) >= 11 is 1.34. The first kappa shape index (κ1) is 25.8. The predicted molar refractivity (Wildman–Crippen MR) is 134 cm³/mol. The Hall–Kier alpha value is -2.80. The summed E-state index contributed by atoms with van der Waals surface area (Å²) in [5.41, 5.74) is 4.01. The third-order valence-corrected chi connectivity index (χ3v) is 7.24. The zero-order chi connectivity index (χ0) is 24.7. The van der Waals surface area contributed by atoms with Gasteiger partial charge in [0, 0.05) is 63.3 Å². The molecule has 1 saturated heterocycles. The van der Waals surface area contributed by atoms with Crippen molar-refractivity contribution in [3.63, 3.8) is 0 Å². The van der Waals surface area contributed by atoms with Crippen LogP contribution in [0.25, 0.3) is 10.2 Å². The van der Waals surface area contributed by atoms with Crippen molar-refractivity contribution in [2.75, 3.05) is 40.3 Å². The number of carbonyl (C=O) groups is 1. The number of carbonyl (C=O) groups excluding carboxylic acids is 1. The average molecular weight is 485 g/mol. The highest BCUT2D eigenvalue weighted by atomic mass is 32.1. The van der Waals surface area contributed by atoms with E-state index in [1.165, 1.54) is 11.3 Å². The van der Waals surface area contributed by atoms with Crippen molar-refractivity contribution >= 4 is 27.8 Å². The molecule has 0 spiro atoms. The molecule has 1 aliphatic heterocycles. The first-order valence-corrected chi connectivity index (χ1v) is 12.4. The SMILES string of the molecule is CCC1CN(C(C)c2ccc3ncsc3c2F)CCN1/C(=C/C=O)CN(/C=C/CC#N)N(C)C. The average Bonchev–Trinajstić information content (AvgIpc) is 3.32. The Morgan fingerprint density at radius 1 is 1.41 bits per heavy atom. The molecule has 2 aromatic rings. The fourth-order valence-electron chi connectivity index (χ4n) is 4.43. The number of thiazole rings is 1. The number of piperazine rings is 1. The summed E-state index contributed by atoms with van der Waals surface area (Å²) in [4.78, 5) is 20.3. The van der Waals surface area contributed by atoms with Crippen molar-refractivity contribution in [2.24, 2.45) is 0 Å². The molecule has 0 aliphatic carbocycles. The Balaban J connectivity index is 1.77. The van der Waals surface area contributed by atoms with E-state index in [1.54, 1.807) is 11.6 Å². The van der Waals surface area contributed by atoms with E-state index >= 15 is 4.39 Å². The molecule has 1 aromatic heterocycles. The monoisotopic (exact) mass is 484 g/mol. The number of hydrogen-bond donors (Lipinski definition) is 0. The maximum Gasteiger partial charge on any atom is 0.147 e. The second kappa shape index (κ2) is 12.1. The van der Waals surface area contributed by atoms with Crippen molar-refractivity contribution in [3.05, 3.63) is 53.1 Å². The van der Waals surface area contributed by atoms with Crippen LogP contribution in [0.1, 0.15) is 38.3 Å². The van der Waals surface area contributed by atoms with Crippen LogP contribution in [-0.2, 0) is 4.79 Å². The smallest absolute Gasteiger partial charge is 0.147 e. The number of nitriles is 1. The topological polar surface area (TPSA) is 66.7 Å². The first-order valence-electron chi connectivity index (χ1n) is 11.5. The van der Waals surface area contributed by atoms with Gasteiger partial charge in [-0.1, -0.05) is 19.1 Å². The molecule has 0 N–H and O–H groups in total. The van der Waals surface area contributed by atoms with Crippen molar-refractivity contribution in [1.29, 1.82) is 5.26 Å². The number of benzene rings is 1. The molecule has 182 valence electrons. The molecule has 7 nitrogen and oxygen atoms in total. The van der Waals surface area contributed by atoms with Gasteiger partial charge in [-0.05, 0) is 25.5 Å². The van der Waals surface area contributed by atoms with Crippen molar-refractivity contribution in [2.45, 2.75) is 38.8 Å². The van der Waals surface area contributed by atoms with Crippen LogP contribution in [0.15, 0.2) is 41.7 Å². The Morgan fingerprint density at radius 3 is 2.88 bits per heavy atom. The van der Waals surface area contributed by atoms with Crippen molar-refractivity contribution < 1.29 is 9.18 Å². The molecule has 9 heteroatoms. The first-order chi connectivity index (χ1) is 16.4. The standard InChI is InChI=1S/C25H33FN6OS/c1-5-20-16-30(19(2)22-8-9-23-25(24(22)26)34-18-28-23)13-14-32(20)21(10-15-33)17-31(29(3)4)12-7-6-11-27/h7-10,12,15,18-20H,5-6,13-14,16-17H2,1-4H3/b12-7+,21-10+. The van der Waals surface area contributed by atoms with E-state index in [9.17, 15) is 4.79 Å². The van der Waals surface area contributed by atoms with E-state index in [0.29, 0.717) is 28.7 Å². The van der Waals surface area contributed by atoms with E-state index in [4.69, 9.17) is 5.26 Å². The molecule has 2 atom stereocenters. The molecule has 1 aromatic carbocycles. The number of rotatable bonds is 10. The minimum absolute atomic E-state index is 0.0617. The number of allylic oxidation sites excluding steroid dienone is 2. The quantitative estimate of drug-likeness (QED) is 0.285. The molecule has 0 bridgehead atoms. The Bertz CT molecular complexity index is 1080. The molecular weight excluding hydrogens is 451 g/mol. The third kappa shape index (κ3) is 5.81. The molecule has 0 amide bonds. The van der Waals surface area contributed by atoms with Gasteiger partial charge in [-0.2, -0.15) is 5.26 Å². The molecule has 2 heterocycles. The molecule has 34 heavy (non-hydrogen) atoms. The normalized spacial score (nSPS) is 18.6. The highest BCUT2D eigenvalue weighted by Gasteiger charge is 2.31. The van der Waals surface area contributed by atoms with Gasteiger partial charge >= 0.3 is 0 Å². The highest BCUT2D eigenvalue weighted by molar-refractivity contribution is 7.16. The summed E-state index contributed by atoms with van der Waals surface area (Å²) in [6.07, 6.45) is 7.39. The highest BCUT2D eigenvalue weighted by Crippen LogP contribution is 2.32. The number of hydrogen-bond acceptors (Lipinski definition) is 8. The summed E-state index contributed by atoms with van der Waals surface area (Å²) in [5, 5.41) is 12.7.